The number of hydrogen-bond acceptors (Lipinski definition) is 5. The maximum absolute atomic E-state index is 12.4. The smallest absolute Gasteiger partial charge is 0.313 e. The molecule has 0 bridgehead atoms. The van der Waals surface area contributed by atoms with Crippen LogP contribution in [0.3, 0.4) is 0 Å². The van der Waals surface area contributed by atoms with Gasteiger partial charge in [-0.25, -0.2) is 4.98 Å². The zero-order valence-corrected chi connectivity index (χ0v) is 14.5. The Bertz CT molecular complexity index is 815. The molecule has 2 aromatic rings. The predicted octanol–water partition coefficient (Wildman–Crippen LogP) is 1.57. The molecule has 1 aliphatic rings. The van der Waals surface area contributed by atoms with Crippen LogP contribution in [-0.2, 0) is 9.59 Å². The van der Waals surface area contributed by atoms with Crippen molar-refractivity contribution in [2.24, 2.45) is 0 Å². The number of benzene rings is 1. The Hall–Kier alpha value is -3.22. The second-order valence-corrected chi connectivity index (χ2v) is 6.06. The number of ketones is 1. The molecule has 1 fully saturated rings. The van der Waals surface area contributed by atoms with Gasteiger partial charge < -0.3 is 15.1 Å². The van der Waals surface area contributed by atoms with Gasteiger partial charge in [-0.3, -0.25) is 14.4 Å². The quantitative estimate of drug-likeness (QED) is 0.670. The Morgan fingerprint density at radius 3 is 2.42 bits per heavy atom. The summed E-state index contributed by atoms with van der Waals surface area (Å²) in [6.45, 7) is 3.60. The first kappa shape index (κ1) is 17.6. The fourth-order valence-corrected chi connectivity index (χ4v) is 2.82. The number of rotatable bonds is 3. The van der Waals surface area contributed by atoms with Crippen LogP contribution in [0.15, 0.2) is 48.7 Å². The molecule has 0 spiro atoms. The van der Waals surface area contributed by atoms with Crippen molar-refractivity contribution in [1.29, 1.82) is 0 Å². The molecule has 1 N–H and O–H groups in total. The lowest BCUT2D eigenvalue weighted by Crippen LogP contribution is -2.51. The molecule has 0 unspecified atom stereocenters. The van der Waals surface area contributed by atoms with Crippen molar-refractivity contribution in [3.8, 4) is 0 Å². The van der Waals surface area contributed by atoms with E-state index in [9.17, 15) is 14.4 Å². The highest BCUT2D eigenvalue weighted by Gasteiger charge is 2.26. The Labute approximate surface area is 151 Å². The Morgan fingerprint density at radius 2 is 1.77 bits per heavy atom. The second kappa shape index (κ2) is 7.77. The van der Waals surface area contributed by atoms with Gasteiger partial charge in [-0.15, -0.1) is 0 Å². The Morgan fingerprint density at radius 1 is 1.00 bits per heavy atom. The van der Waals surface area contributed by atoms with Crippen LogP contribution >= 0.6 is 0 Å². The number of pyridine rings is 1. The third-order valence-corrected chi connectivity index (χ3v) is 4.26. The van der Waals surface area contributed by atoms with Crippen molar-refractivity contribution in [1.82, 2.24) is 9.88 Å². The summed E-state index contributed by atoms with van der Waals surface area (Å²) in [6.07, 6.45) is 1.73. The molecule has 2 amide bonds. The van der Waals surface area contributed by atoms with Crippen molar-refractivity contribution in [3.63, 3.8) is 0 Å². The number of anilines is 2. The van der Waals surface area contributed by atoms with E-state index in [1.54, 1.807) is 30.5 Å². The van der Waals surface area contributed by atoms with E-state index in [0.29, 0.717) is 37.4 Å². The van der Waals surface area contributed by atoms with Gasteiger partial charge in [0.25, 0.3) is 0 Å². The molecule has 1 saturated heterocycles. The number of carbonyl (C=O) groups excluding carboxylic acids is 3. The standard InChI is InChI=1S/C19H20N4O3/c1-14(24)15-5-4-6-16(13-15)21-18(25)19(26)23-11-9-22(10-12-23)17-7-2-3-8-20-17/h2-8,13H,9-12H2,1H3,(H,21,25). The first-order chi connectivity index (χ1) is 12.5. The van der Waals surface area contributed by atoms with E-state index >= 15 is 0 Å². The van der Waals surface area contributed by atoms with Crippen molar-refractivity contribution in [2.45, 2.75) is 6.92 Å². The highest BCUT2D eigenvalue weighted by molar-refractivity contribution is 6.39. The number of amides is 2. The summed E-state index contributed by atoms with van der Waals surface area (Å²) in [7, 11) is 0. The molecule has 134 valence electrons. The predicted molar refractivity (Wildman–Crippen MR) is 98.1 cm³/mol. The van der Waals surface area contributed by atoms with Gasteiger partial charge in [0.2, 0.25) is 0 Å². The van der Waals surface area contributed by atoms with Gasteiger partial charge in [0.15, 0.2) is 5.78 Å². The number of piperazine rings is 1. The molecule has 0 atom stereocenters. The molecule has 3 rings (SSSR count). The largest absolute Gasteiger partial charge is 0.353 e. The topological polar surface area (TPSA) is 82.6 Å². The minimum absolute atomic E-state index is 0.0990. The summed E-state index contributed by atoms with van der Waals surface area (Å²) in [5.41, 5.74) is 0.919. The van der Waals surface area contributed by atoms with Crippen LogP contribution in [0, 0.1) is 0 Å². The summed E-state index contributed by atoms with van der Waals surface area (Å²) in [5.74, 6) is -0.501. The third kappa shape index (κ3) is 4.05. The van der Waals surface area contributed by atoms with Crippen molar-refractivity contribution in [3.05, 3.63) is 54.2 Å². The van der Waals surface area contributed by atoms with Gasteiger partial charge >= 0.3 is 11.8 Å². The summed E-state index contributed by atoms with van der Waals surface area (Å²) in [6, 6.07) is 12.2. The lowest BCUT2D eigenvalue weighted by atomic mass is 10.1. The number of carbonyl (C=O) groups is 3. The number of nitrogens with zero attached hydrogens (tertiary/aromatic N) is 3. The lowest BCUT2D eigenvalue weighted by molar-refractivity contribution is -0.143. The van der Waals surface area contributed by atoms with Crippen molar-refractivity contribution >= 4 is 29.1 Å². The average molecular weight is 352 g/mol. The van der Waals surface area contributed by atoms with Crippen LogP contribution in [-0.4, -0.2) is 53.7 Å². The highest BCUT2D eigenvalue weighted by Crippen LogP contribution is 2.14. The van der Waals surface area contributed by atoms with Crippen LogP contribution in [0.25, 0.3) is 0 Å². The van der Waals surface area contributed by atoms with Crippen LogP contribution < -0.4 is 10.2 Å². The molecule has 1 aromatic heterocycles. The zero-order valence-electron chi connectivity index (χ0n) is 14.5. The summed E-state index contributed by atoms with van der Waals surface area (Å²) in [4.78, 5) is 43.9. The number of aromatic nitrogens is 1. The Balaban J connectivity index is 1.57. The highest BCUT2D eigenvalue weighted by atomic mass is 16.2. The van der Waals surface area contributed by atoms with E-state index in [2.05, 4.69) is 15.2 Å². The van der Waals surface area contributed by atoms with Crippen LogP contribution in [0.4, 0.5) is 11.5 Å². The Kier molecular flexibility index (Phi) is 5.26. The SMILES string of the molecule is CC(=O)c1cccc(NC(=O)C(=O)N2CCN(c3ccccn3)CC2)c1. The van der Waals surface area contributed by atoms with E-state index in [4.69, 9.17) is 0 Å². The summed E-state index contributed by atoms with van der Waals surface area (Å²) in [5, 5.41) is 2.57. The van der Waals surface area contributed by atoms with E-state index < -0.39 is 11.8 Å². The zero-order chi connectivity index (χ0) is 18.5. The molecule has 0 aliphatic carbocycles. The van der Waals surface area contributed by atoms with Gasteiger partial charge in [-0.2, -0.15) is 0 Å². The number of nitrogens with one attached hydrogen (secondary N) is 1. The average Bonchev–Trinajstić information content (AvgIpc) is 2.68. The van der Waals surface area contributed by atoms with Gasteiger partial charge in [0, 0.05) is 43.6 Å². The molecule has 1 aromatic carbocycles. The van der Waals surface area contributed by atoms with Crippen molar-refractivity contribution in [2.75, 3.05) is 36.4 Å². The monoisotopic (exact) mass is 352 g/mol. The van der Waals surface area contributed by atoms with Crippen molar-refractivity contribution < 1.29 is 14.4 Å². The van der Waals surface area contributed by atoms with Gasteiger partial charge in [0.05, 0.1) is 0 Å². The molecule has 1 aliphatic heterocycles. The molecule has 2 heterocycles. The van der Waals surface area contributed by atoms with Gasteiger partial charge in [-0.1, -0.05) is 18.2 Å². The van der Waals surface area contributed by atoms with Crippen LogP contribution in [0.2, 0.25) is 0 Å². The summed E-state index contributed by atoms with van der Waals surface area (Å²) < 4.78 is 0. The fourth-order valence-electron chi connectivity index (χ4n) is 2.82. The lowest BCUT2D eigenvalue weighted by Gasteiger charge is -2.34. The molecule has 0 radical (unpaired) electrons. The summed E-state index contributed by atoms with van der Waals surface area (Å²) >= 11 is 0. The van der Waals surface area contributed by atoms with E-state index in [-0.39, 0.29) is 5.78 Å². The first-order valence-electron chi connectivity index (χ1n) is 8.42. The normalized spacial score (nSPS) is 14.0. The van der Waals surface area contributed by atoms with E-state index in [1.807, 2.05) is 18.2 Å². The van der Waals surface area contributed by atoms with Gasteiger partial charge in [-0.05, 0) is 31.2 Å². The third-order valence-electron chi connectivity index (χ3n) is 4.26. The molecule has 0 saturated carbocycles. The molecule has 7 heteroatoms. The molecule has 26 heavy (non-hydrogen) atoms. The molecular formula is C19H20N4O3. The van der Waals surface area contributed by atoms with E-state index in [1.165, 1.54) is 11.8 Å². The second-order valence-electron chi connectivity index (χ2n) is 6.06. The molecule has 7 nitrogen and oxygen atoms in total. The minimum atomic E-state index is -0.697. The maximum atomic E-state index is 12.4. The van der Waals surface area contributed by atoms with Crippen LogP contribution in [0.5, 0.6) is 0 Å². The maximum Gasteiger partial charge on any atom is 0.313 e. The van der Waals surface area contributed by atoms with E-state index in [0.717, 1.165) is 5.82 Å². The number of Topliss-reactive ketones (excluding diaryl/α,β-unsaturated/α-hetero) is 1. The van der Waals surface area contributed by atoms with Crippen LogP contribution in [0.1, 0.15) is 17.3 Å². The number of hydrogen-bond donors (Lipinski definition) is 1. The fraction of sp³-hybridized carbons (Fsp3) is 0.263. The first-order valence-corrected chi connectivity index (χ1v) is 8.42. The minimum Gasteiger partial charge on any atom is -0.353 e. The van der Waals surface area contributed by atoms with Gasteiger partial charge in [0.1, 0.15) is 5.82 Å². The molecular weight excluding hydrogens is 332 g/mol.